The van der Waals surface area contributed by atoms with E-state index in [4.69, 9.17) is 5.73 Å². The first-order chi connectivity index (χ1) is 12.5. The Morgan fingerprint density at radius 3 is 2.27 bits per heavy atom. The quantitative estimate of drug-likeness (QED) is 0.393. The highest BCUT2D eigenvalue weighted by Crippen LogP contribution is 2.17. The van der Waals surface area contributed by atoms with Crippen molar-refractivity contribution in [3.05, 3.63) is 70.0 Å². The van der Waals surface area contributed by atoms with E-state index in [9.17, 15) is 14.5 Å². The van der Waals surface area contributed by atoms with Gasteiger partial charge in [-0.05, 0) is 29.8 Å². The van der Waals surface area contributed by atoms with Crippen LogP contribution in [0.5, 0.6) is 0 Å². The molecule has 1 aliphatic rings. The van der Waals surface area contributed by atoms with E-state index in [2.05, 4.69) is 9.89 Å². The smallest absolute Gasteiger partial charge is 0.269 e. The van der Waals surface area contributed by atoms with Crippen molar-refractivity contribution >= 4 is 17.3 Å². The summed E-state index contributed by atoms with van der Waals surface area (Å²) in [6.07, 6.45) is 0. The summed E-state index contributed by atoms with van der Waals surface area (Å²) in [7, 11) is 0. The van der Waals surface area contributed by atoms with Crippen LogP contribution in [0.3, 0.4) is 0 Å². The summed E-state index contributed by atoms with van der Waals surface area (Å²) in [4.78, 5) is 18.8. The highest BCUT2D eigenvalue weighted by molar-refractivity contribution is 5.78. The van der Waals surface area contributed by atoms with Gasteiger partial charge in [0, 0.05) is 44.0 Å². The molecule has 26 heavy (non-hydrogen) atoms. The number of benzene rings is 2. The Labute approximate surface area is 150 Å². The zero-order chi connectivity index (χ0) is 18.5. The molecule has 136 valence electrons. The molecule has 3 rings (SSSR count). The van der Waals surface area contributed by atoms with Crippen LogP contribution in [0.15, 0.2) is 53.5 Å². The normalized spacial score (nSPS) is 15.2. The number of piperazine rings is 1. The van der Waals surface area contributed by atoms with Crippen molar-refractivity contribution < 1.29 is 9.31 Å². The lowest BCUT2D eigenvalue weighted by molar-refractivity contribution is -0.384. The first-order valence-electron chi connectivity index (χ1n) is 8.31. The lowest BCUT2D eigenvalue weighted by atomic mass is 10.2. The third kappa shape index (κ3) is 4.27. The van der Waals surface area contributed by atoms with E-state index in [0.29, 0.717) is 12.5 Å². The SMILES string of the molecule is NC(=NCc1ccc([N+](=O)[O-])cc1)N1CCN(c2ccc(F)cc2)CC1. The van der Waals surface area contributed by atoms with Gasteiger partial charge in [0.15, 0.2) is 5.96 Å². The second kappa shape index (κ2) is 7.81. The maximum absolute atomic E-state index is 13.0. The maximum atomic E-state index is 13.0. The van der Waals surface area contributed by atoms with Gasteiger partial charge in [-0.2, -0.15) is 0 Å². The van der Waals surface area contributed by atoms with Crippen molar-refractivity contribution in [2.75, 3.05) is 31.1 Å². The fraction of sp³-hybridized carbons (Fsp3) is 0.278. The van der Waals surface area contributed by atoms with Crippen molar-refractivity contribution in [1.29, 1.82) is 0 Å². The number of guanidine groups is 1. The first kappa shape index (κ1) is 17.7. The molecule has 0 bridgehead atoms. The van der Waals surface area contributed by atoms with E-state index < -0.39 is 4.92 Å². The van der Waals surface area contributed by atoms with Gasteiger partial charge in [-0.1, -0.05) is 12.1 Å². The minimum absolute atomic E-state index is 0.0580. The largest absolute Gasteiger partial charge is 0.370 e. The molecule has 0 amide bonds. The van der Waals surface area contributed by atoms with Crippen LogP contribution in [0.1, 0.15) is 5.56 Å². The molecule has 7 nitrogen and oxygen atoms in total. The molecule has 0 saturated carbocycles. The molecule has 0 radical (unpaired) electrons. The number of nitrogens with two attached hydrogens (primary N) is 1. The summed E-state index contributed by atoms with van der Waals surface area (Å²) in [5, 5.41) is 10.7. The number of nitro groups is 1. The fourth-order valence-electron chi connectivity index (χ4n) is 2.84. The summed E-state index contributed by atoms with van der Waals surface area (Å²) in [6, 6.07) is 12.8. The topological polar surface area (TPSA) is 88.0 Å². The number of hydrogen-bond acceptors (Lipinski definition) is 4. The van der Waals surface area contributed by atoms with Gasteiger partial charge in [0.25, 0.3) is 5.69 Å². The number of hydrogen-bond donors (Lipinski definition) is 1. The molecule has 0 atom stereocenters. The van der Waals surface area contributed by atoms with Crippen LogP contribution in [0.25, 0.3) is 0 Å². The first-order valence-corrected chi connectivity index (χ1v) is 8.31. The molecule has 1 saturated heterocycles. The van der Waals surface area contributed by atoms with E-state index in [-0.39, 0.29) is 11.5 Å². The van der Waals surface area contributed by atoms with Gasteiger partial charge in [-0.15, -0.1) is 0 Å². The van der Waals surface area contributed by atoms with Crippen LogP contribution >= 0.6 is 0 Å². The summed E-state index contributed by atoms with van der Waals surface area (Å²) >= 11 is 0. The number of halogens is 1. The third-order valence-electron chi connectivity index (χ3n) is 4.37. The van der Waals surface area contributed by atoms with Crippen molar-refractivity contribution in [2.24, 2.45) is 10.7 Å². The summed E-state index contributed by atoms with van der Waals surface area (Å²) < 4.78 is 13.0. The highest BCUT2D eigenvalue weighted by atomic mass is 19.1. The third-order valence-corrected chi connectivity index (χ3v) is 4.37. The van der Waals surface area contributed by atoms with Gasteiger partial charge >= 0.3 is 0 Å². The lowest BCUT2D eigenvalue weighted by Crippen LogP contribution is -2.51. The molecule has 1 aliphatic heterocycles. The van der Waals surface area contributed by atoms with E-state index in [1.165, 1.54) is 24.3 Å². The molecule has 0 unspecified atom stereocenters. The van der Waals surface area contributed by atoms with Gasteiger partial charge < -0.3 is 15.5 Å². The summed E-state index contributed by atoms with van der Waals surface area (Å²) in [6.45, 7) is 3.39. The Kier molecular flexibility index (Phi) is 5.31. The molecule has 1 fully saturated rings. The Morgan fingerprint density at radius 2 is 1.69 bits per heavy atom. The van der Waals surface area contributed by atoms with Gasteiger partial charge in [-0.25, -0.2) is 9.38 Å². The van der Waals surface area contributed by atoms with Crippen LogP contribution in [0.4, 0.5) is 15.8 Å². The van der Waals surface area contributed by atoms with Crippen molar-refractivity contribution in [2.45, 2.75) is 6.54 Å². The Bertz CT molecular complexity index is 784. The van der Waals surface area contributed by atoms with E-state index >= 15 is 0 Å². The van der Waals surface area contributed by atoms with Gasteiger partial charge in [0.1, 0.15) is 5.82 Å². The Balaban J connectivity index is 1.54. The van der Waals surface area contributed by atoms with E-state index in [1.54, 1.807) is 24.3 Å². The Morgan fingerprint density at radius 1 is 1.08 bits per heavy atom. The van der Waals surface area contributed by atoms with Gasteiger partial charge in [-0.3, -0.25) is 10.1 Å². The maximum Gasteiger partial charge on any atom is 0.269 e. The predicted octanol–water partition coefficient (Wildman–Crippen LogP) is 2.37. The number of nitro benzene ring substituents is 1. The lowest BCUT2D eigenvalue weighted by Gasteiger charge is -2.36. The number of non-ortho nitro benzene ring substituents is 1. The highest BCUT2D eigenvalue weighted by Gasteiger charge is 2.18. The minimum Gasteiger partial charge on any atom is -0.370 e. The second-order valence-corrected chi connectivity index (χ2v) is 6.05. The monoisotopic (exact) mass is 357 g/mol. The molecular weight excluding hydrogens is 337 g/mol. The summed E-state index contributed by atoms with van der Waals surface area (Å²) in [5.41, 5.74) is 7.99. The zero-order valence-corrected chi connectivity index (χ0v) is 14.2. The van der Waals surface area contributed by atoms with Crippen LogP contribution in [0.2, 0.25) is 0 Å². The number of nitrogens with zero attached hydrogens (tertiary/aromatic N) is 4. The molecule has 2 aromatic rings. The van der Waals surface area contributed by atoms with E-state index in [0.717, 1.165) is 37.4 Å². The molecule has 1 heterocycles. The van der Waals surface area contributed by atoms with Crippen molar-refractivity contribution in [3.8, 4) is 0 Å². The zero-order valence-electron chi connectivity index (χ0n) is 14.2. The van der Waals surface area contributed by atoms with Crippen LogP contribution < -0.4 is 10.6 Å². The number of aliphatic imine (C=N–C) groups is 1. The van der Waals surface area contributed by atoms with Gasteiger partial charge in [0.05, 0.1) is 11.5 Å². The van der Waals surface area contributed by atoms with Gasteiger partial charge in [0.2, 0.25) is 0 Å². The fourth-order valence-corrected chi connectivity index (χ4v) is 2.84. The summed E-state index contributed by atoms with van der Waals surface area (Å²) in [5.74, 6) is 0.220. The second-order valence-electron chi connectivity index (χ2n) is 6.05. The standard InChI is InChI=1S/C18H20FN5O2/c19-15-3-7-16(8-4-15)22-9-11-23(12-10-22)18(20)21-13-14-1-5-17(6-2-14)24(25)26/h1-8H,9-13H2,(H2,20,21). The van der Waals surface area contributed by atoms with Crippen LogP contribution in [0, 0.1) is 15.9 Å². The molecule has 0 aliphatic carbocycles. The van der Waals surface area contributed by atoms with Crippen molar-refractivity contribution in [1.82, 2.24) is 4.90 Å². The minimum atomic E-state index is -0.429. The molecular formula is C18H20FN5O2. The number of rotatable bonds is 4. The molecule has 2 aromatic carbocycles. The number of anilines is 1. The Hall–Kier alpha value is -3.16. The molecule has 0 aromatic heterocycles. The van der Waals surface area contributed by atoms with Crippen LogP contribution in [-0.2, 0) is 6.54 Å². The average molecular weight is 357 g/mol. The van der Waals surface area contributed by atoms with Crippen molar-refractivity contribution in [3.63, 3.8) is 0 Å². The molecule has 2 N–H and O–H groups in total. The average Bonchev–Trinajstić information content (AvgIpc) is 2.67. The van der Waals surface area contributed by atoms with E-state index in [1.807, 2.05) is 4.90 Å². The molecule has 8 heteroatoms. The molecule has 0 spiro atoms. The predicted molar refractivity (Wildman–Crippen MR) is 98.6 cm³/mol. The van der Waals surface area contributed by atoms with Crippen LogP contribution in [-0.4, -0.2) is 42.0 Å².